The van der Waals surface area contributed by atoms with E-state index >= 15 is 0 Å². The first-order valence-electron chi connectivity index (χ1n) is 7.64. The molecule has 1 aliphatic rings. The molecule has 0 spiro atoms. The topological polar surface area (TPSA) is 101 Å². The van der Waals surface area contributed by atoms with Crippen LogP contribution in [0.5, 0.6) is 0 Å². The number of carbonyl (C=O) groups excluding carboxylic acids is 1. The van der Waals surface area contributed by atoms with E-state index in [-0.39, 0.29) is 16.9 Å². The molecule has 0 aliphatic heterocycles. The van der Waals surface area contributed by atoms with Crippen LogP contribution >= 0.6 is 0 Å². The summed E-state index contributed by atoms with van der Waals surface area (Å²) in [5.74, 6) is -0.466. The van der Waals surface area contributed by atoms with Crippen LogP contribution < -0.4 is 5.32 Å². The Morgan fingerprint density at radius 3 is 2.65 bits per heavy atom. The zero-order valence-corrected chi connectivity index (χ0v) is 12.6. The van der Waals surface area contributed by atoms with Gasteiger partial charge >= 0.3 is 5.69 Å². The second-order valence-corrected chi connectivity index (χ2v) is 5.99. The molecule has 23 heavy (non-hydrogen) atoms. The number of hydrogen-bond acceptors (Lipinski definition) is 4. The van der Waals surface area contributed by atoms with Gasteiger partial charge in [0, 0.05) is 5.54 Å². The minimum Gasteiger partial charge on any atom is -0.345 e. The van der Waals surface area contributed by atoms with E-state index in [1.54, 1.807) is 0 Å². The Balaban J connectivity index is 1.81. The summed E-state index contributed by atoms with van der Waals surface area (Å²) in [5.41, 5.74) is 0.413. The lowest BCUT2D eigenvalue weighted by atomic mass is 9.89. The molecule has 7 nitrogen and oxygen atoms in total. The van der Waals surface area contributed by atoms with Crippen molar-refractivity contribution in [3.8, 4) is 0 Å². The number of nitro groups is 1. The molecule has 1 heterocycles. The van der Waals surface area contributed by atoms with Crippen molar-refractivity contribution in [3.63, 3.8) is 0 Å². The largest absolute Gasteiger partial charge is 0.345 e. The molecule has 1 aromatic carbocycles. The number of hydrogen-bond donors (Lipinski definition) is 2. The van der Waals surface area contributed by atoms with Gasteiger partial charge in [0.2, 0.25) is 5.69 Å². The fourth-order valence-electron chi connectivity index (χ4n) is 3.27. The SMILES string of the molecule is O=C(NC1(Cc2ccccc2)CCCC1)c1[nH]ncc1[N+](=O)[O-]. The van der Waals surface area contributed by atoms with Crippen LogP contribution in [0.4, 0.5) is 5.69 Å². The number of amides is 1. The van der Waals surface area contributed by atoms with Gasteiger partial charge in [-0.2, -0.15) is 5.10 Å². The van der Waals surface area contributed by atoms with Crippen molar-refractivity contribution in [2.24, 2.45) is 0 Å². The van der Waals surface area contributed by atoms with Crippen molar-refractivity contribution < 1.29 is 9.72 Å². The quantitative estimate of drug-likeness (QED) is 0.654. The monoisotopic (exact) mass is 314 g/mol. The summed E-state index contributed by atoms with van der Waals surface area (Å²) in [6, 6.07) is 9.96. The highest BCUT2D eigenvalue weighted by Gasteiger charge is 2.37. The van der Waals surface area contributed by atoms with E-state index < -0.39 is 10.8 Å². The molecule has 1 aromatic heterocycles. The summed E-state index contributed by atoms with van der Waals surface area (Å²) in [6.07, 6.45) is 5.61. The maximum atomic E-state index is 12.5. The molecule has 0 unspecified atom stereocenters. The summed E-state index contributed by atoms with van der Waals surface area (Å²) in [7, 11) is 0. The summed E-state index contributed by atoms with van der Waals surface area (Å²) in [6.45, 7) is 0. The van der Waals surface area contributed by atoms with Gasteiger partial charge in [0.1, 0.15) is 6.20 Å². The highest BCUT2D eigenvalue weighted by Crippen LogP contribution is 2.33. The first-order valence-corrected chi connectivity index (χ1v) is 7.64. The first-order chi connectivity index (χ1) is 11.1. The Morgan fingerprint density at radius 2 is 2.00 bits per heavy atom. The van der Waals surface area contributed by atoms with Gasteiger partial charge in [0.05, 0.1) is 4.92 Å². The van der Waals surface area contributed by atoms with Crippen LogP contribution in [0, 0.1) is 10.1 Å². The summed E-state index contributed by atoms with van der Waals surface area (Å²) in [5, 5.41) is 20.0. The number of carbonyl (C=O) groups is 1. The van der Waals surface area contributed by atoms with E-state index in [9.17, 15) is 14.9 Å². The Hall–Kier alpha value is -2.70. The van der Waals surface area contributed by atoms with Gasteiger partial charge in [-0.15, -0.1) is 0 Å². The number of rotatable bonds is 5. The van der Waals surface area contributed by atoms with Crippen molar-refractivity contribution in [3.05, 3.63) is 57.9 Å². The smallest absolute Gasteiger partial charge is 0.319 e. The lowest BCUT2D eigenvalue weighted by molar-refractivity contribution is -0.385. The lowest BCUT2D eigenvalue weighted by Crippen LogP contribution is -2.48. The van der Waals surface area contributed by atoms with Crippen molar-refractivity contribution in [2.45, 2.75) is 37.6 Å². The Labute approximate surface area is 133 Å². The number of nitrogens with zero attached hydrogens (tertiary/aromatic N) is 2. The van der Waals surface area contributed by atoms with Gasteiger partial charge in [-0.3, -0.25) is 20.0 Å². The number of H-pyrrole nitrogens is 1. The summed E-state index contributed by atoms with van der Waals surface area (Å²) < 4.78 is 0. The van der Waals surface area contributed by atoms with Gasteiger partial charge in [-0.25, -0.2) is 0 Å². The Morgan fingerprint density at radius 1 is 1.30 bits per heavy atom. The van der Waals surface area contributed by atoms with Crippen molar-refractivity contribution in [1.82, 2.24) is 15.5 Å². The molecule has 3 rings (SSSR count). The van der Waals surface area contributed by atoms with Crippen LogP contribution in [0.1, 0.15) is 41.7 Å². The van der Waals surface area contributed by atoms with Crippen LogP contribution in [-0.4, -0.2) is 26.6 Å². The number of nitrogens with one attached hydrogen (secondary N) is 2. The standard InChI is InChI=1S/C16H18N4O3/c21-15(14-13(20(22)23)11-17-19-14)18-16(8-4-5-9-16)10-12-6-2-1-3-7-12/h1-3,6-7,11H,4-5,8-10H2,(H,17,19)(H,18,21). The average molecular weight is 314 g/mol. The molecular formula is C16H18N4O3. The Kier molecular flexibility index (Phi) is 4.10. The molecule has 7 heteroatoms. The minimum atomic E-state index is -0.600. The average Bonchev–Trinajstić information content (AvgIpc) is 3.17. The molecule has 1 saturated carbocycles. The van der Waals surface area contributed by atoms with Crippen LogP contribution in [0.3, 0.4) is 0 Å². The molecule has 0 saturated heterocycles. The van der Waals surface area contributed by atoms with E-state index in [0.29, 0.717) is 0 Å². The third kappa shape index (κ3) is 3.23. The molecule has 1 fully saturated rings. The first kappa shape index (κ1) is 15.2. The zero-order chi connectivity index (χ0) is 16.3. The predicted octanol–water partition coefficient (Wildman–Crippen LogP) is 2.60. The second kappa shape index (κ2) is 6.20. The van der Waals surface area contributed by atoms with Crippen LogP contribution in [0.15, 0.2) is 36.5 Å². The van der Waals surface area contributed by atoms with E-state index in [4.69, 9.17) is 0 Å². The Bertz CT molecular complexity index is 705. The van der Waals surface area contributed by atoms with Gasteiger partial charge in [-0.05, 0) is 24.8 Å². The molecule has 0 radical (unpaired) electrons. The van der Waals surface area contributed by atoms with Gasteiger partial charge in [0.15, 0.2) is 0 Å². The van der Waals surface area contributed by atoms with Gasteiger partial charge < -0.3 is 5.32 Å². The fourth-order valence-corrected chi connectivity index (χ4v) is 3.27. The molecule has 1 aliphatic carbocycles. The van der Waals surface area contributed by atoms with Gasteiger partial charge in [0.25, 0.3) is 5.91 Å². The van der Waals surface area contributed by atoms with E-state index in [0.717, 1.165) is 43.9 Å². The maximum absolute atomic E-state index is 12.5. The molecular weight excluding hydrogens is 296 g/mol. The van der Waals surface area contributed by atoms with E-state index in [1.807, 2.05) is 30.3 Å². The third-order valence-corrected chi connectivity index (χ3v) is 4.37. The third-order valence-electron chi connectivity index (χ3n) is 4.37. The molecule has 0 atom stereocenters. The molecule has 2 N–H and O–H groups in total. The second-order valence-electron chi connectivity index (χ2n) is 5.99. The van der Waals surface area contributed by atoms with Gasteiger partial charge in [-0.1, -0.05) is 43.2 Å². The van der Waals surface area contributed by atoms with E-state index in [1.165, 1.54) is 0 Å². The number of aromatic nitrogens is 2. The van der Waals surface area contributed by atoms with Crippen LogP contribution in [-0.2, 0) is 6.42 Å². The predicted molar refractivity (Wildman–Crippen MR) is 84.1 cm³/mol. The van der Waals surface area contributed by atoms with Crippen molar-refractivity contribution in [2.75, 3.05) is 0 Å². The van der Waals surface area contributed by atoms with E-state index in [2.05, 4.69) is 15.5 Å². The number of aromatic amines is 1. The molecule has 2 aromatic rings. The zero-order valence-electron chi connectivity index (χ0n) is 12.6. The normalized spacial score (nSPS) is 16.2. The summed E-state index contributed by atoms with van der Waals surface area (Å²) >= 11 is 0. The fraction of sp³-hybridized carbons (Fsp3) is 0.375. The van der Waals surface area contributed by atoms with Crippen LogP contribution in [0.2, 0.25) is 0 Å². The highest BCUT2D eigenvalue weighted by atomic mass is 16.6. The molecule has 120 valence electrons. The minimum absolute atomic E-state index is 0.0886. The highest BCUT2D eigenvalue weighted by molar-refractivity contribution is 5.96. The number of benzene rings is 1. The summed E-state index contributed by atoms with van der Waals surface area (Å²) in [4.78, 5) is 22.9. The van der Waals surface area contributed by atoms with Crippen molar-refractivity contribution in [1.29, 1.82) is 0 Å². The lowest BCUT2D eigenvalue weighted by Gasteiger charge is -2.30. The molecule has 0 bridgehead atoms. The van der Waals surface area contributed by atoms with Crippen LogP contribution in [0.25, 0.3) is 0 Å². The molecule has 1 amide bonds. The van der Waals surface area contributed by atoms with Crippen molar-refractivity contribution >= 4 is 11.6 Å². The maximum Gasteiger partial charge on any atom is 0.319 e.